The number of aromatic nitrogens is 2. The van der Waals surface area contributed by atoms with Gasteiger partial charge in [0.2, 0.25) is 0 Å². The average molecular weight is 399 g/mol. The van der Waals surface area contributed by atoms with Gasteiger partial charge in [-0.2, -0.15) is 0 Å². The van der Waals surface area contributed by atoms with E-state index < -0.39 is 0 Å². The number of benzene rings is 2. The maximum Gasteiger partial charge on any atom is 0.146 e. The van der Waals surface area contributed by atoms with Crippen LogP contribution in [0.25, 0.3) is 27.5 Å². The molecule has 2 aromatic heterocycles. The quantitative estimate of drug-likeness (QED) is 0.337. The van der Waals surface area contributed by atoms with Crippen molar-refractivity contribution in [1.29, 1.82) is 0 Å². The van der Waals surface area contributed by atoms with Gasteiger partial charge in [-0.25, -0.2) is 4.98 Å². The Kier molecular flexibility index (Phi) is 3.84. The molecule has 2 nitrogen and oxygen atoms in total. The summed E-state index contributed by atoms with van der Waals surface area (Å²) in [4.78, 5) is 5.22. The van der Waals surface area contributed by atoms with Crippen molar-refractivity contribution < 1.29 is 0 Å². The topological polar surface area (TPSA) is 17.3 Å². The first-order valence-corrected chi connectivity index (χ1v) is 11.4. The Bertz CT molecular complexity index is 1320. The number of hydrogen-bond donors (Lipinski definition) is 0. The molecule has 0 spiro atoms. The normalized spacial score (nSPS) is 20.1. The monoisotopic (exact) mass is 398 g/mol. The van der Waals surface area contributed by atoms with Crippen molar-refractivity contribution in [2.75, 3.05) is 0 Å². The molecule has 1 atom stereocenters. The Hall–Kier alpha value is -2.35. The molecule has 4 aromatic rings. The maximum atomic E-state index is 5.22. The molecule has 0 saturated heterocycles. The van der Waals surface area contributed by atoms with Crippen LogP contribution >= 0.6 is 0 Å². The number of fused-ring (bicyclic) bond motifs is 6. The molecule has 5 rings (SSSR count). The zero-order valence-corrected chi connectivity index (χ0v) is 19.7. The van der Waals surface area contributed by atoms with Crippen LogP contribution in [0.1, 0.15) is 84.4 Å². The third-order valence-electron chi connectivity index (χ3n) is 9.20. The lowest BCUT2D eigenvalue weighted by atomic mass is 9.59. The Labute approximate surface area is 180 Å². The van der Waals surface area contributed by atoms with Crippen molar-refractivity contribution in [3.63, 3.8) is 0 Å². The van der Waals surface area contributed by atoms with Crippen molar-refractivity contribution in [1.82, 2.24) is 9.38 Å². The highest BCUT2D eigenvalue weighted by molar-refractivity contribution is 6.00. The van der Waals surface area contributed by atoms with Crippen LogP contribution < -0.4 is 0 Å². The Morgan fingerprint density at radius 2 is 1.60 bits per heavy atom. The number of rotatable bonds is 2. The van der Waals surface area contributed by atoms with Gasteiger partial charge in [0.15, 0.2) is 0 Å². The fraction of sp³-hybridized carbons (Fsp3) is 0.464. The Balaban J connectivity index is 1.90. The highest BCUT2D eigenvalue weighted by Crippen LogP contribution is 2.61. The predicted molar refractivity (Wildman–Crippen MR) is 129 cm³/mol. The van der Waals surface area contributed by atoms with Gasteiger partial charge in [0, 0.05) is 11.6 Å². The first kappa shape index (κ1) is 19.6. The third kappa shape index (κ3) is 2.18. The molecule has 0 aliphatic heterocycles. The van der Waals surface area contributed by atoms with E-state index in [9.17, 15) is 0 Å². The minimum absolute atomic E-state index is 0.0970. The van der Waals surface area contributed by atoms with Crippen molar-refractivity contribution in [3.8, 4) is 0 Å². The SMILES string of the molecule is CCC(C)c1cccc2ccn3c4cc5c(cc4nc3c12)C(C)(C)C(C)(C)C5(C)C. The first-order chi connectivity index (χ1) is 14.0. The van der Waals surface area contributed by atoms with Gasteiger partial charge in [-0.3, -0.25) is 4.40 Å². The van der Waals surface area contributed by atoms with Gasteiger partial charge in [0.05, 0.1) is 11.0 Å². The maximum absolute atomic E-state index is 5.22. The zero-order chi connectivity index (χ0) is 21.6. The largest absolute Gasteiger partial charge is 0.299 e. The van der Waals surface area contributed by atoms with Gasteiger partial charge < -0.3 is 0 Å². The third-order valence-corrected chi connectivity index (χ3v) is 9.20. The molecule has 1 aliphatic rings. The molecule has 156 valence electrons. The zero-order valence-electron chi connectivity index (χ0n) is 19.7. The molecular weight excluding hydrogens is 364 g/mol. The van der Waals surface area contributed by atoms with Crippen LogP contribution in [-0.4, -0.2) is 9.38 Å². The second kappa shape index (κ2) is 5.87. The smallest absolute Gasteiger partial charge is 0.146 e. The summed E-state index contributed by atoms with van der Waals surface area (Å²) >= 11 is 0. The minimum atomic E-state index is 0.0970. The van der Waals surface area contributed by atoms with E-state index in [0.29, 0.717) is 5.92 Å². The van der Waals surface area contributed by atoms with Crippen molar-refractivity contribution in [2.24, 2.45) is 5.41 Å². The van der Waals surface area contributed by atoms with E-state index in [4.69, 9.17) is 4.98 Å². The summed E-state index contributed by atoms with van der Waals surface area (Å²) in [5, 5.41) is 2.59. The lowest BCUT2D eigenvalue weighted by molar-refractivity contribution is 0.125. The fourth-order valence-corrected chi connectivity index (χ4v) is 5.73. The molecular formula is C28H34N2. The van der Waals surface area contributed by atoms with Gasteiger partial charge in [-0.15, -0.1) is 0 Å². The summed E-state index contributed by atoms with van der Waals surface area (Å²) in [6.07, 6.45) is 3.34. The predicted octanol–water partition coefficient (Wildman–Crippen LogP) is 7.75. The van der Waals surface area contributed by atoms with Gasteiger partial charge in [0.1, 0.15) is 5.65 Å². The number of imidazole rings is 1. The molecule has 0 amide bonds. The Morgan fingerprint density at radius 1 is 0.933 bits per heavy atom. The molecule has 0 N–H and O–H groups in total. The van der Waals surface area contributed by atoms with Crippen LogP contribution in [0, 0.1) is 5.41 Å². The van der Waals surface area contributed by atoms with Gasteiger partial charge in [-0.1, -0.05) is 73.6 Å². The average Bonchev–Trinajstić information content (AvgIpc) is 3.13. The summed E-state index contributed by atoms with van der Waals surface area (Å²) in [6, 6.07) is 13.7. The van der Waals surface area contributed by atoms with E-state index >= 15 is 0 Å². The number of nitrogens with zero attached hydrogens (tertiary/aromatic N) is 2. The fourth-order valence-electron chi connectivity index (χ4n) is 5.73. The molecule has 1 aliphatic carbocycles. The van der Waals surface area contributed by atoms with E-state index in [-0.39, 0.29) is 16.2 Å². The van der Waals surface area contributed by atoms with E-state index in [1.165, 1.54) is 33.0 Å². The molecule has 1 unspecified atom stereocenters. The molecule has 2 heteroatoms. The molecule has 0 saturated carbocycles. The van der Waals surface area contributed by atoms with E-state index in [1.54, 1.807) is 0 Å². The summed E-state index contributed by atoms with van der Waals surface area (Å²) in [5.41, 5.74) is 8.14. The molecule has 0 bridgehead atoms. The van der Waals surface area contributed by atoms with E-state index in [2.05, 4.69) is 102 Å². The standard InChI is InChI=1S/C28H34N2/c1-9-17(2)19-12-10-11-18-13-14-30-23-16-21-20(15-22(23)29-25(30)24(18)19)26(3,4)28(7,8)27(21,5)6/h10-17H,9H2,1-8H3. The molecule has 0 radical (unpaired) electrons. The Morgan fingerprint density at radius 3 is 2.27 bits per heavy atom. The lowest BCUT2D eigenvalue weighted by Crippen LogP contribution is -2.42. The summed E-state index contributed by atoms with van der Waals surface area (Å²) in [7, 11) is 0. The summed E-state index contributed by atoms with van der Waals surface area (Å²) in [6.45, 7) is 19.0. The van der Waals surface area contributed by atoms with E-state index in [1.807, 2.05) is 0 Å². The molecule has 2 aromatic carbocycles. The van der Waals surface area contributed by atoms with Crippen LogP contribution in [0.3, 0.4) is 0 Å². The second-order valence-electron chi connectivity index (χ2n) is 11.0. The van der Waals surface area contributed by atoms with Crippen LogP contribution in [-0.2, 0) is 10.8 Å². The van der Waals surface area contributed by atoms with Crippen LogP contribution in [0.2, 0.25) is 0 Å². The van der Waals surface area contributed by atoms with Gasteiger partial charge in [0.25, 0.3) is 0 Å². The summed E-state index contributed by atoms with van der Waals surface area (Å²) < 4.78 is 2.32. The number of hydrogen-bond acceptors (Lipinski definition) is 1. The number of pyridine rings is 1. The molecule has 0 fully saturated rings. The van der Waals surface area contributed by atoms with Crippen LogP contribution in [0.4, 0.5) is 0 Å². The van der Waals surface area contributed by atoms with Crippen molar-refractivity contribution in [2.45, 2.75) is 78.6 Å². The second-order valence-corrected chi connectivity index (χ2v) is 11.0. The van der Waals surface area contributed by atoms with Crippen molar-refractivity contribution in [3.05, 3.63) is 59.3 Å². The van der Waals surface area contributed by atoms with Gasteiger partial charge >= 0.3 is 0 Å². The molecule has 2 heterocycles. The highest BCUT2D eigenvalue weighted by Gasteiger charge is 2.56. The first-order valence-electron chi connectivity index (χ1n) is 11.4. The van der Waals surface area contributed by atoms with Gasteiger partial charge in [-0.05, 0) is 68.9 Å². The highest BCUT2D eigenvalue weighted by atomic mass is 15.0. The van der Waals surface area contributed by atoms with Crippen LogP contribution in [0.5, 0.6) is 0 Å². The van der Waals surface area contributed by atoms with Crippen LogP contribution in [0.15, 0.2) is 42.6 Å². The summed E-state index contributed by atoms with van der Waals surface area (Å²) in [5.74, 6) is 0.517. The van der Waals surface area contributed by atoms with E-state index in [0.717, 1.165) is 17.6 Å². The minimum Gasteiger partial charge on any atom is -0.299 e. The molecule has 30 heavy (non-hydrogen) atoms. The van der Waals surface area contributed by atoms with Crippen molar-refractivity contribution >= 4 is 27.5 Å². The lowest BCUT2D eigenvalue weighted by Gasteiger charge is -2.44.